The highest BCUT2D eigenvalue weighted by molar-refractivity contribution is 5.84. The van der Waals surface area contributed by atoms with Crippen LogP contribution in [0.2, 0.25) is 0 Å². The van der Waals surface area contributed by atoms with Crippen LogP contribution in [0.4, 0.5) is 0 Å². The monoisotopic (exact) mass is 291 g/mol. The van der Waals surface area contributed by atoms with Crippen LogP contribution in [0.5, 0.6) is 11.5 Å². The summed E-state index contributed by atoms with van der Waals surface area (Å²) in [5.74, 6) is 0.474. The van der Waals surface area contributed by atoms with Crippen molar-refractivity contribution in [1.29, 1.82) is 0 Å². The van der Waals surface area contributed by atoms with E-state index in [0.717, 1.165) is 5.56 Å². The van der Waals surface area contributed by atoms with Crippen LogP contribution >= 0.6 is 0 Å². The Balaban J connectivity index is 2.26. The zero-order chi connectivity index (χ0) is 15.3. The van der Waals surface area contributed by atoms with Crippen molar-refractivity contribution < 1.29 is 19.4 Å². The molecule has 2 aliphatic heterocycles. The third-order valence-electron chi connectivity index (χ3n) is 4.94. The molecule has 0 spiro atoms. The summed E-state index contributed by atoms with van der Waals surface area (Å²) in [6, 6.07) is 5.44. The van der Waals surface area contributed by atoms with Crippen LogP contribution in [0.25, 0.3) is 0 Å². The molecule has 0 aliphatic carbocycles. The van der Waals surface area contributed by atoms with Crippen LogP contribution < -0.4 is 14.8 Å². The van der Waals surface area contributed by atoms with Crippen molar-refractivity contribution in [3.63, 3.8) is 0 Å². The average molecular weight is 291 g/mol. The summed E-state index contributed by atoms with van der Waals surface area (Å²) in [4.78, 5) is 12.2. The first kappa shape index (κ1) is 14.2. The van der Waals surface area contributed by atoms with Crippen molar-refractivity contribution >= 4 is 5.97 Å². The van der Waals surface area contributed by atoms with Gasteiger partial charge in [-0.1, -0.05) is 13.8 Å². The second kappa shape index (κ2) is 4.63. The molecular weight excluding hydrogens is 270 g/mol. The van der Waals surface area contributed by atoms with Gasteiger partial charge in [0.15, 0.2) is 0 Å². The SMILES string of the molecule is COc1ccc2c(c1)[C@]1(C(=O)O)CNC[C@@H]1C(C)(C)CO2. The van der Waals surface area contributed by atoms with Crippen molar-refractivity contribution in [3.8, 4) is 11.5 Å². The Morgan fingerprint density at radius 2 is 2.24 bits per heavy atom. The second-order valence-electron chi connectivity index (χ2n) is 6.60. The number of carboxylic acids is 1. The summed E-state index contributed by atoms with van der Waals surface area (Å²) < 4.78 is 11.2. The molecule has 114 valence electrons. The molecule has 21 heavy (non-hydrogen) atoms. The zero-order valence-electron chi connectivity index (χ0n) is 12.6. The number of hydrogen-bond acceptors (Lipinski definition) is 4. The van der Waals surface area contributed by atoms with E-state index in [1.807, 2.05) is 18.2 Å². The van der Waals surface area contributed by atoms with Gasteiger partial charge in [-0.15, -0.1) is 0 Å². The average Bonchev–Trinajstić information content (AvgIpc) is 2.88. The predicted molar refractivity (Wildman–Crippen MR) is 77.9 cm³/mol. The van der Waals surface area contributed by atoms with Crippen molar-refractivity contribution in [3.05, 3.63) is 23.8 Å². The first-order valence-electron chi connectivity index (χ1n) is 7.17. The van der Waals surface area contributed by atoms with Gasteiger partial charge in [-0.05, 0) is 18.2 Å². The van der Waals surface area contributed by atoms with Crippen LogP contribution in [0, 0.1) is 11.3 Å². The first-order valence-corrected chi connectivity index (χ1v) is 7.17. The summed E-state index contributed by atoms with van der Waals surface area (Å²) in [7, 11) is 1.58. The number of fused-ring (bicyclic) bond motifs is 3. The molecule has 5 nitrogen and oxygen atoms in total. The van der Waals surface area contributed by atoms with Gasteiger partial charge in [0.25, 0.3) is 0 Å². The molecule has 0 bridgehead atoms. The van der Waals surface area contributed by atoms with Gasteiger partial charge >= 0.3 is 5.97 Å². The highest BCUT2D eigenvalue weighted by Crippen LogP contribution is 2.51. The molecule has 0 saturated carbocycles. The van der Waals surface area contributed by atoms with Crippen molar-refractivity contribution in [2.24, 2.45) is 11.3 Å². The fourth-order valence-electron chi connectivity index (χ4n) is 3.75. The third kappa shape index (κ3) is 1.91. The van der Waals surface area contributed by atoms with Crippen LogP contribution in [0.15, 0.2) is 18.2 Å². The minimum absolute atomic E-state index is 0.0316. The van der Waals surface area contributed by atoms with Crippen molar-refractivity contribution in [2.75, 3.05) is 26.8 Å². The predicted octanol–water partition coefficient (Wildman–Crippen LogP) is 1.66. The number of carbonyl (C=O) groups is 1. The molecule has 2 atom stereocenters. The largest absolute Gasteiger partial charge is 0.497 e. The molecule has 1 fully saturated rings. The van der Waals surface area contributed by atoms with E-state index in [-0.39, 0.29) is 11.3 Å². The minimum atomic E-state index is -0.968. The second-order valence-corrected chi connectivity index (χ2v) is 6.60. The molecule has 2 heterocycles. The number of aliphatic carboxylic acids is 1. The van der Waals surface area contributed by atoms with Gasteiger partial charge in [0, 0.05) is 30.0 Å². The molecule has 1 aromatic carbocycles. The number of ether oxygens (including phenoxy) is 2. The lowest BCUT2D eigenvalue weighted by atomic mass is 9.62. The molecule has 2 N–H and O–H groups in total. The lowest BCUT2D eigenvalue weighted by molar-refractivity contribution is -0.146. The maximum atomic E-state index is 12.2. The minimum Gasteiger partial charge on any atom is -0.497 e. The molecular formula is C16H21NO4. The van der Waals surface area contributed by atoms with E-state index in [9.17, 15) is 9.90 Å². The molecule has 0 unspecified atom stereocenters. The standard InChI is InChI=1S/C16H21NO4/c1-15(2)9-21-12-5-4-10(20-3)6-11(12)16(14(18)19)8-17-7-13(15)16/h4-6,13,17H,7-9H2,1-3H3,(H,18,19)/t13-,16-/m1/s1. The Bertz CT molecular complexity index is 584. The summed E-state index contributed by atoms with van der Waals surface area (Å²) in [5.41, 5.74) is -0.479. The number of carboxylic acid groups (broad SMARTS) is 1. The molecule has 0 amide bonds. The number of benzene rings is 1. The Morgan fingerprint density at radius 1 is 1.48 bits per heavy atom. The van der Waals surface area contributed by atoms with E-state index >= 15 is 0 Å². The summed E-state index contributed by atoms with van der Waals surface area (Å²) in [6.07, 6.45) is 0. The molecule has 3 rings (SSSR count). The van der Waals surface area contributed by atoms with E-state index in [1.54, 1.807) is 7.11 Å². The molecule has 1 aromatic rings. The maximum Gasteiger partial charge on any atom is 0.315 e. The molecule has 0 aromatic heterocycles. The number of methoxy groups -OCH3 is 1. The van der Waals surface area contributed by atoms with Gasteiger partial charge in [-0.25, -0.2) is 0 Å². The third-order valence-corrected chi connectivity index (χ3v) is 4.94. The Labute approximate surface area is 124 Å². The Kier molecular flexibility index (Phi) is 3.13. The van der Waals surface area contributed by atoms with Gasteiger partial charge < -0.3 is 19.9 Å². The quantitative estimate of drug-likeness (QED) is 0.867. The van der Waals surface area contributed by atoms with Crippen LogP contribution in [0.3, 0.4) is 0 Å². The van der Waals surface area contributed by atoms with Gasteiger partial charge in [0.2, 0.25) is 0 Å². The smallest absolute Gasteiger partial charge is 0.315 e. The molecule has 0 radical (unpaired) electrons. The lowest BCUT2D eigenvalue weighted by Gasteiger charge is -2.37. The van der Waals surface area contributed by atoms with Crippen molar-refractivity contribution in [1.82, 2.24) is 5.32 Å². The van der Waals surface area contributed by atoms with E-state index < -0.39 is 11.4 Å². The van der Waals surface area contributed by atoms with E-state index in [2.05, 4.69) is 19.2 Å². The topological polar surface area (TPSA) is 67.8 Å². The van der Waals surface area contributed by atoms with E-state index in [4.69, 9.17) is 9.47 Å². The first-order chi connectivity index (χ1) is 9.91. The fraction of sp³-hybridized carbons (Fsp3) is 0.562. The van der Waals surface area contributed by atoms with Gasteiger partial charge in [0.1, 0.15) is 16.9 Å². The molecule has 5 heteroatoms. The van der Waals surface area contributed by atoms with E-state index in [0.29, 0.717) is 31.2 Å². The van der Waals surface area contributed by atoms with Crippen LogP contribution in [-0.4, -0.2) is 37.9 Å². The van der Waals surface area contributed by atoms with Crippen molar-refractivity contribution in [2.45, 2.75) is 19.3 Å². The number of rotatable bonds is 2. The normalized spacial score (nSPS) is 29.8. The summed E-state index contributed by atoms with van der Waals surface area (Å²) in [6.45, 7) is 5.75. The van der Waals surface area contributed by atoms with Crippen LogP contribution in [-0.2, 0) is 10.2 Å². The summed E-state index contributed by atoms with van der Waals surface area (Å²) in [5, 5.41) is 13.3. The Morgan fingerprint density at radius 3 is 2.90 bits per heavy atom. The molecule has 2 aliphatic rings. The fourth-order valence-corrected chi connectivity index (χ4v) is 3.75. The zero-order valence-corrected chi connectivity index (χ0v) is 12.6. The maximum absolute atomic E-state index is 12.2. The van der Waals surface area contributed by atoms with Gasteiger partial charge in [-0.2, -0.15) is 0 Å². The van der Waals surface area contributed by atoms with Gasteiger partial charge in [-0.3, -0.25) is 4.79 Å². The van der Waals surface area contributed by atoms with E-state index in [1.165, 1.54) is 0 Å². The highest BCUT2D eigenvalue weighted by Gasteiger charge is 2.58. The highest BCUT2D eigenvalue weighted by atomic mass is 16.5. The summed E-state index contributed by atoms with van der Waals surface area (Å²) >= 11 is 0. The van der Waals surface area contributed by atoms with Crippen LogP contribution in [0.1, 0.15) is 19.4 Å². The van der Waals surface area contributed by atoms with Gasteiger partial charge in [0.05, 0.1) is 13.7 Å². The Hall–Kier alpha value is -1.75. The number of hydrogen-bond donors (Lipinski definition) is 2. The molecule has 1 saturated heterocycles. The number of nitrogens with one attached hydrogen (secondary N) is 1. The lowest BCUT2D eigenvalue weighted by Crippen LogP contribution is -2.48.